The number of rotatable bonds is 9. The van der Waals surface area contributed by atoms with E-state index in [1.165, 1.54) is 19.4 Å². The predicted octanol–water partition coefficient (Wildman–Crippen LogP) is 2.18. The van der Waals surface area contributed by atoms with Gasteiger partial charge >= 0.3 is 0 Å². The Morgan fingerprint density at radius 2 is 1.95 bits per heavy atom. The van der Waals surface area contributed by atoms with Gasteiger partial charge in [0.15, 0.2) is 5.96 Å². The number of hydrogen-bond donors (Lipinski definition) is 1. The van der Waals surface area contributed by atoms with Gasteiger partial charge in [-0.3, -0.25) is 4.99 Å². The monoisotopic (exact) mass is 312 g/mol. The van der Waals surface area contributed by atoms with Gasteiger partial charge in [-0.15, -0.1) is 0 Å². The fourth-order valence-corrected chi connectivity index (χ4v) is 2.76. The van der Waals surface area contributed by atoms with Crippen LogP contribution in [0.15, 0.2) is 4.99 Å². The summed E-state index contributed by atoms with van der Waals surface area (Å²) in [6, 6.07) is 0. The van der Waals surface area contributed by atoms with E-state index in [-0.39, 0.29) is 0 Å². The molecule has 1 fully saturated rings. The van der Waals surface area contributed by atoms with Crippen LogP contribution in [0.25, 0.3) is 0 Å². The second kappa shape index (κ2) is 11.7. The lowest BCUT2D eigenvalue weighted by atomic mass is 10.1. The van der Waals surface area contributed by atoms with Crippen molar-refractivity contribution in [3.63, 3.8) is 0 Å². The van der Waals surface area contributed by atoms with Crippen molar-refractivity contribution in [3.05, 3.63) is 0 Å². The summed E-state index contributed by atoms with van der Waals surface area (Å²) in [6.07, 6.45) is 5.17. The summed E-state index contributed by atoms with van der Waals surface area (Å²) in [5, 5.41) is 3.43. The molecule has 5 nitrogen and oxygen atoms in total. The molecule has 0 amide bonds. The van der Waals surface area contributed by atoms with Gasteiger partial charge in [0.25, 0.3) is 0 Å². The highest BCUT2D eigenvalue weighted by Gasteiger charge is 2.21. The number of likely N-dealkylation sites (tertiary alicyclic amines) is 1. The first-order valence-corrected chi connectivity index (χ1v) is 9.04. The van der Waals surface area contributed by atoms with Crippen molar-refractivity contribution in [2.24, 2.45) is 4.99 Å². The van der Waals surface area contributed by atoms with Crippen LogP contribution in [-0.4, -0.2) is 74.8 Å². The van der Waals surface area contributed by atoms with E-state index in [9.17, 15) is 0 Å². The molecule has 0 aromatic heterocycles. The van der Waals surface area contributed by atoms with Gasteiger partial charge in [-0.05, 0) is 46.7 Å². The SMILES string of the molecule is CCCCN(C)CCN=C(NCC)N1CCC(OCC)CC1. The number of ether oxygens (including phenoxy) is 1. The molecule has 0 bridgehead atoms. The molecule has 1 heterocycles. The fourth-order valence-electron chi connectivity index (χ4n) is 2.76. The van der Waals surface area contributed by atoms with Gasteiger partial charge in [-0.1, -0.05) is 13.3 Å². The second-order valence-corrected chi connectivity index (χ2v) is 6.03. The van der Waals surface area contributed by atoms with Gasteiger partial charge < -0.3 is 19.9 Å². The molecule has 0 atom stereocenters. The number of guanidine groups is 1. The van der Waals surface area contributed by atoms with Gasteiger partial charge in [0.2, 0.25) is 0 Å². The minimum atomic E-state index is 0.435. The Morgan fingerprint density at radius 3 is 2.55 bits per heavy atom. The molecule has 0 aliphatic carbocycles. The highest BCUT2D eigenvalue weighted by molar-refractivity contribution is 5.80. The molecule has 0 aromatic rings. The van der Waals surface area contributed by atoms with Gasteiger partial charge in [-0.25, -0.2) is 0 Å². The molecule has 1 rings (SSSR count). The molecule has 0 saturated carbocycles. The average molecular weight is 313 g/mol. The molecule has 0 spiro atoms. The van der Waals surface area contributed by atoms with E-state index in [4.69, 9.17) is 9.73 Å². The molecule has 0 radical (unpaired) electrons. The third kappa shape index (κ3) is 7.45. The van der Waals surface area contributed by atoms with Crippen molar-refractivity contribution >= 4 is 5.96 Å². The standard InChI is InChI=1S/C17H36N4O/c1-5-8-12-20(4)15-11-19-17(18-6-2)21-13-9-16(10-14-21)22-7-3/h16H,5-15H2,1-4H3,(H,18,19). The van der Waals surface area contributed by atoms with E-state index in [0.29, 0.717) is 6.10 Å². The molecule has 1 saturated heterocycles. The lowest BCUT2D eigenvalue weighted by Gasteiger charge is -2.34. The first-order valence-electron chi connectivity index (χ1n) is 9.04. The van der Waals surface area contributed by atoms with Crippen molar-refractivity contribution in [2.45, 2.75) is 52.6 Å². The predicted molar refractivity (Wildman–Crippen MR) is 94.6 cm³/mol. The topological polar surface area (TPSA) is 40.1 Å². The van der Waals surface area contributed by atoms with Crippen LogP contribution in [0.3, 0.4) is 0 Å². The van der Waals surface area contributed by atoms with Crippen LogP contribution in [0.5, 0.6) is 0 Å². The Labute approximate surface area is 137 Å². The second-order valence-electron chi connectivity index (χ2n) is 6.03. The number of aliphatic imine (C=N–C) groups is 1. The maximum atomic E-state index is 5.73. The maximum Gasteiger partial charge on any atom is 0.193 e. The quantitative estimate of drug-likeness (QED) is 0.523. The molecule has 5 heteroatoms. The van der Waals surface area contributed by atoms with E-state index < -0.39 is 0 Å². The number of unbranched alkanes of at least 4 members (excludes halogenated alkanes) is 1. The first kappa shape index (κ1) is 19.2. The molecule has 1 aliphatic heterocycles. The fraction of sp³-hybridized carbons (Fsp3) is 0.941. The van der Waals surface area contributed by atoms with Crippen molar-refractivity contribution in [2.75, 3.05) is 52.9 Å². The Hall–Kier alpha value is -0.810. The number of piperidine rings is 1. The molecule has 1 aliphatic rings. The lowest BCUT2D eigenvalue weighted by molar-refractivity contribution is 0.0263. The van der Waals surface area contributed by atoms with Crippen molar-refractivity contribution in [1.82, 2.24) is 15.1 Å². The van der Waals surface area contributed by atoms with Crippen LogP contribution < -0.4 is 5.32 Å². The van der Waals surface area contributed by atoms with Crippen molar-refractivity contribution in [3.8, 4) is 0 Å². The van der Waals surface area contributed by atoms with Crippen LogP contribution in [0, 0.1) is 0 Å². The van der Waals surface area contributed by atoms with Crippen LogP contribution in [-0.2, 0) is 4.74 Å². The summed E-state index contributed by atoms with van der Waals surface area (Å²) in [5.74, 6) is 1.07. The Balaban J connectivity index is 2.39. The Bertz CT molecular complexity index is 301. The average Bonchev–Trinajstić information content (AvgIpc) is 2.53. The third-order valence-electron chi connectivity index (χ3n) is 4.12. The van der Waals surface area contributed by atoms with Crippen LogP contribution in [0.2, 0.25) is 0 Å². The summed E-state index contributed by atoms with van der Waals surface area (Å²) >= 11 is 0. The number of likely N-dealkylation sites (N-methyl/N-ethyl adjacent to an activating group) is 1. The molecule has 130 valence electrons. The van der Waals surface area contributed by atoms with Gasteiger partial charge in [0.05, 0.1) is 12.6 Å². The zero-order valence-corrected chi connectivity index (χ0v) is 15.1. The van der Waals surface area contributed by atoms with Crippen LogP contribution in [0.4, 0.5) is 0 Å². The molecule has 0 unspecified atom stereocenters. The van der Waals surface area contributed by atoms with Gasteiger partial charge in [0.1, 0.15) is 0 Å². The van der Waals surface area contributed by atoms with E-state index in [1.807, 2.05) is 0 Å². The maximum absolute atomic E-state index is 5.73. The number of nitrogens with zero attached hydrogens (tertiary/aromatic N) is 3. The summed E-state index contributed by atoms with van der Waals surface area (Å²) in [4.78, 5) is 9.56. The smallest absolute Gasteiger partial charge is 0.193 e. The minimum absolute atomic E-state index is 0.435. The normalized spacial score (nSPS) is 17.3. The highest BCUT2D eigenvalue weighted by Crippen LogP contribution is 2.13. The third-order valence-corrected chi connectivity index (χ3v) is 4.12. The van der Waals surface area contributed by atoms with Gasteiger partial charge in [-0.2, -0.15) is 0 Å². The lowest BCUT2D eigenvalue weighted by Crippen LogP contribution is -2.47. The molecular weight excluding hydrogens is 276 g/mol. The van der Waals surface area contributed by atoms with Crippen LogP contribution in [0.1, 0.15) is 46.5 Å². The summed E-state index contributed by atoms with van der Waals surface area (Å²) in [7, 11) is 2.19. The number of hydrogen-bond acceptors (Lipinski definition) is 3. The van der Waals surface area contributed by atoms with Crippen molar-refractivity contribution in [1.29, 1.82) is 0 Å². The zero-order chi connectivity index (χ0) is 16.2. The first-order chi connectivity index (χ1) is 10.7. The number of nitrogens with one attached hydrogen (secondary N) is 1. The Morgan fingerprint density at radius 1 is 1.23 bits per heavy atom. The van der Waals surface area contributed by atoms with E-state index >= 15 is 0 Å². The molecule has 1 N–H and O–H groups in total. The van der Waals surface area contributed by atoms with Crippen molar-refractivity contribution < 1.29 is 4.74 Å². The zero-order valence-electron chi connectivity index (χ0n) is 15.1. The van der Waals surface area contributed by atoms with Gasteiger partial charge in [0, 0.05) is 32.8 Å². The molecule has 0 aromatic carbocycles. The summed E-state index contributed by atoms with van der Waals surface area (Å²) < 4.78 is 5.73. The molecule has 22 heavy (non-hydrogen) atoms. The Kier molecular flexibility index (Phi) is 10.2. The summed E-state index contributed by atoms with van der Waals surface area (Å²) in [5.41, 5.74) is 0. The van der Waals surface area contributed by atoms with E-state index in [2.05, 4.69) is 42.9 Å². The summed E-state index contributed by atoms with van der Waals surface area (Å²) in [6.45, 7) is 13.4. The van der Waals surface area contributed by atoms with E-state index in [0.717, 1.165) is 58.1 Å². The highest BCUT2D eigenvalue weighted by atomic mass is 16.5. The van der Waals surface area contributed by atoms with Crippen LogP contribution >= 0.6 is 0 Å². The minimum Gasteiger partial charge on any atom is -0.378 e. The largest absolute Gasteiger partial charge is 0.378 e. The van der Waals surface area contributed by atoms with E-state index in [1.54, 1.807) is 0 Å². The molecular formula is C17H36N4O.